The number of anilines is 1. The number of pyridine rings is 1. The van der Waals surface area contributed by atoms with Crippen LogP contribution in [0.4, 0.5) is 18.9 Å². The predicted octanol–water partition coefficient (Wildman–Crippen LogP) is 0.642. The van der Waals surface area contributed by atoms with E-state index in [9.17, 15) is 22.8 Å². The second kappa shape index (κ2) is 4.29. The van der Waals surface area contributed by atoms with Crippen LogP contribution in [-0.4, -0.2) is 22.2 Å². The van der Waals surface area contributed by atoms with Gasteiger partial charge in [0, 0.05) is 18.0 Å². The number of halogens is 3. The standard InChI is InChI=1S/C11H12F3N3O2/c12-11(13,14)10(3-4-10)16-8(18)6-17-5-7(15)1-2-9(17)19/h1-2,5H,3-4,6,15H2,(H,16,18). The molecule has 2 rings (SSSR count). The van der Waals surface area contributed by atoms with Crippen LogP contribution < -0.4 is 16.6 Å². The van der Waals surface area contributed by atoms with Crippen molar-refractivity contribution in [1.82, 2.24) is 9.88 Å². The summed E-state index contributed by atoms with van der Waals surface area (Å²) in [6, 6.07) is 2.51. The van der Waals surface area contributed by atoms with Gasteiger partial charge in [-0.15, -0.1) is 0 Å². The van der Waals surface area contributed by atoms with E-state index in [2.05, 4.69) is 0 Å². The molecule has 19 heavy (non-hydrogen) atoms. The molecule has 1 aliphatic rings. The van der Waals surface area contributed by atoms with Gasteiger partial charge in [-0.2, -0.15) is 13.2 Å². The van der Waals surface area contributed by atoms with Crippen molar-refractivity contribution >= 4 is 11.6 Å². The average molecular weight is 275 g/mol. The Bertz CT molecular complexity index is 561. The van der Waals surface area contributed by atoms with Gasteiger partial charge in [-0.05, 0) is 18.9 Å². The summed E-state index contributed by atoms with van der Waals surface area (Å²) in [6.45, 7) is -0.484. The number of aromatic nitrogens is 1. The first-order valence-corrected chi connectivity index (χ1v) is 5.57. The van der Waals surface area contributed by atoms with E-state index in [4.69, 9.17) is 5.73 Å². The van der Waals surface area contributed by atoms with Crippen LogP contribution in [0.5, 0.6) is 0 Å². The summed E-state index contributed by atoms with van der Waals surface area (Å²) in [6.07, 6.45) is -3.51. The van der Waals surface area contributed by atoms with Crippen LogP contribution in [-0.2, 0) is 11.3 Å². The van der Waals surface area contributed by atoms with Crippen molar-refractivity contribution in [3.63, 3.8) is 0 Å². The van der Waals surface area contributed by atoms with E-state index < -0.39 is 29.7 Å². The Labute approximate surface area is 106 Å². The Morgan fingerprint density at radius 3 is 2.58 bits per heavy atom. The van der Waals surface area contributed by atoms with E-state index in [-0.39, 0.29) is 18.5 Å². The minimum absolute atomic E-state index is 0.131. The van der Waals surface area contributed by atoms with Gasteiger partial charge in [-0.25, -0.2) is 0 Å². The summed E-state index contributed by atoms with van der Waals surface area (Å²) in [5, 5.41) is 1.94. The number of carbonyl (C=O) groups excluding carboxylic acids is 1. The summed E-state index contributed by atoms with van der Waals surface area (Å²) in [4.78, 5) is 23.0. The highest BCUT2D eigenvalue weighted by Crippen LogP contribution is 2.48. The first-order chi connectivity index (χ1) is 8.73. The lowest BCUT2D eigenvalue weighted by molar-refractivity contribution is -0.170. The summed E-state index contributed by atoms with van der Waals surface area (Å²) < 4.78 is 38.9. The zero-order valence-corrected chi connectivity index (χ0v) is 9.83. The molecule has 5 nitrogen and oxygen atoms in total. The molecule has 0 bridgehead atoms. The number of amides is 1. The summed E-state index contributed by atoms with van der Waals surface area (Å²) >= 11 is 0. The van der Waals surface area contributed by atoms with E-state index in [0.29, 0.717) is 0 Å². The Balaban J connectivity index is 2.07. The molecule has 0 spiro atoms. The number of hydrogen-bond acceptors (Lipinski definition) is 3. The molecule has 0 atom stereocenters. The van der Waals surface area contributed by atoms with Gasteiger partial charge in [-0.1, -0.05) is 0 Å². The largest absolute Gasteiger partial charge is 0.411 e. The lowest BCUT2D eigenvalue weighted by Crippen LogP contribution is -2.49. The molecule has 1 saturated carbocycles. The molecule has 0 unspecified atom stereocenters. The van der Waals surface area contributed by atoms with Crippen molar-refractivity contribution < 1.29 is 18.0 Å². The molecule has 0 aromatic carbocycles. The molecule has 104 valence electrons. The first kappa shape index (κ1) is 13.4. The van der Waals surface area contributed by atoms with Crippen LogP contribution in [0.1, 0.15) is 12.8 Å². The van der Waals surface area contributed by atoms with E-state index in [0.717, 1.165) is 10.6 Å². The molecule has 1 heterocycles. The van der Waals surface area contributed by atoms with Gasteiger partial charge in [0.1, 0.15) is 12.1 Å². The summed E-state index contributed by atoms with van der Waals surface area (Å²) in [5.41, 5.74) is 3.08. The molecule has 3 N–H and O–H groups in total. The molecule has 1 aliphatic carbocycles. The number of nitrogen functional groups attached to an aromatic ring is 1. The minimum Gasteiger partial charge on any atom is -0.398 e. The lowest BCUT2D eigenvalue weighted by Gasteiger charge is -2.20. The molecular formula is C11H12F3N3O2. The number of carbonyl (C=O) groups is 1. The third-order valence-corrected chi connectivity index (χ3v) is 2.99. The van der Waals surface area contributed by atoms with Gasteiger partial charge in [0.05, 0.1) is 0 Å². The lowest BCUT2D eigenvalue weighted by atomic mass is 10.2. The topological polar surface area (TPSA) is 77.1 Å². The van der Waals surface area contributed by atoms with Gasteiger partial charge < -0.3 is 15.6 Å². The fraction of sp³-hybridized carbons (Fsp3) is 0.455. The molecule has 1 aromatic rings. The van der Waals surface area contributed by atoms with Crippen molar-refractivity contribution in [1.29, 1.82) is 0 Å². The van der Waals surface area contributed by atoms with Crippen LogP contribution in [0.25, 0.3) is 0 Å². The quantitative estimate of drug-likeness (QED) is 0.850. The normalized spacial score (nSPS) is 17.0. The summed E-state index contributed by atoms with van der Waals surface area (Å²) in [5.74, 6) is -0.859. The van der Waals surface area contributed by atoms with Crippen LogP contribution in [0, 0.1) is 0 Å². The van der Waals surface area contributed by atoms with Crippen molar-refractivity contribution in [3.05, 3.63) is 28.7 Å². The van der Waals surface area contributed by atoms with Crippen LogP contribution in [0.2, 0.25) is 0 Å². The third kappa shape index (κ3) is 2.72. The molecule has 0 radical (unpaired) electrons. The fourth-order valence-electron chi connectivity index (χ4n) is 1.74. The van der Waals surface area contributed by atoms with E-state index in [1.165, 1.54) is 12.3 Å². The van der Waals surface area contributed by atoms with Crippen molar-refractivity contribution in [2.75, 3.05) is 5.73 Å². The number of nitrogens with two attached hydrogens (primary N) is 1. The van der Waals surface area contributed by atoms with Crippen LogP contribution >= 0.6 is 0 Å². The maximum atomic E-state index is 12.6. The molecule has 1 fully saturated rings. The smallest absolute Gasteiger partial charge is 0.398 e. The Kier molecular flexibility index (Phi) is 3.03. The SMILES string of the molecule is Nc1ccc(=O)n(CC(=O)NC2(C(F)(F)F)CC2)c1. The molecule has 1 aromatic heterocycles. The minimum atomic E-state index is -4.47. The fourth-order valence-corrected chi connectivity index (χ4v) is 1.74. The maximum Gasteiger partial charge on any atom is 0.411 e. The molecule has 1 amide bonds. The van der Waals surface area contributed by atoms with Gasteiger partial charge >= 0.3 is 6.18 Å². The van der Waals surface area contributed by atoms with Gasteiger partial charge in [0.15, 0.2) is 0 Å². The van der Waals surface area contributed by atoms with E-state index in [1.54, 1.807) is 0 Å². The highest BCUT2D eigenvalue weighted by Gasteiger charge is 2.64. The third-order valence-electron chi connectivity index (χ3n) is 2.99. The van der Waals surface area contributed by atoms with Gasteiger partial charge in [-0.3, -0.25) is 9.59 Å². The van der Waals surface area contributed by atoms with E-state index in [1.807, 2.05) is 5.32 Å². The highest BCUT2D eigenvalue weighted by molar-refractivity contribution is 5.77. The zero-order valence-electron chi connectivity index (χ0n) is 9.83. The second-order valence-electron chi connectivity index (χ2n) is 4.56. The Hall–Kier alpha value is -1.99. The highest BCUT2D eigenvalue weighted by atomic mass is 19.4. The number of nitrogens with one attached hydrogen (secondary N) is 1. The van der Waals surface area contributed by atoms with Crippen molar-refractivity contribution in [2.24, 2.45) is 0 Å². The zero-order chi connectivity index (χ0) is 14.3. The van der Waals surface area contributed by atoms with Crippen molar-refractivity contribution in [3.8, 4) is 0 Å². The monoisotopic (exact) mass is 275 g/mol. The number of rotatable bonds is 3. The van der Waals surface area contributed by atoms with Crippen molar-refractivity contribution in [2.45, 2.75) is 31.1 Å². The second-order valence-corrected chi connectivity index (χ2v) is 4.56. The number of alkyl halides is 3. The molecule has 0 saturated heterocycles. The Morgan fingerprint density at radius 1 is 1.42 bits per heavy atom. The first-order valence-electron chi connectivity index (χ1n) is 5.57. The maximum absolute atomic E-state index is 12.6. The number of nitrogens with zero attached hydrogens (tertiary/aromatic N) is 1. The predicted molar refractivity (Wildman–Crippen MR) is 61.3 cm³/mol. The molecule has 8 heteroatoms. The van der Waals surface area contributed by atoms with Crippen LogP contribution in [0.3, 0.4) is 0 Å². The van der Waals surface area contributed by atoms with Gasteiger partial charge in [0.25, 0.3) is 5.56 Å². The number of hydrogen-bond donors (Lipinski definition) is 2. The van der Waals surface area contributed by atoms with Crippen LogP contribution in [0.15, 0.2) is 23.1 Å². The molecular weight excluding hydrogens is 263 g/mol. The van der Waals surface area contributed by atoms with Gasteiger partial charge in [0.2, 0.25) is 5.91 Å². The van der Waals surface area contributed by atoms with E-state index >= 15 is 0 Å². The average Bonchev–Trinajstić information content (AvgIpc) is 3.03. The summed E-state index contributed by atoms with van der Waals surface area (Å²) in [7, 11) is 0. The molecule has 0 aliphatic heterocycles. The Morgan fingerprint density at radius 2 is 2.05 bits per heavy atom.